The van der Waals surface area contributed by atoms with Crippen LogP contribution in [0.25, 0.3) is 0 Å². The summed E-state index contributed by atoms with van der Waals surface area (Å²) >= 11 is 0. The first-order valence-electron chi connectivity index (χ1n) is 5.18. The van der Waals surface area contributed by atoms with Crippen molar-refractivity contribution in [3.63, 3.8) is 0 Å². The molecule has 0 spiro atoms. The van der Waals surface area contributed by atoms with Crippen LogP contribution in [0.5, 0.6) is 0 Å². The van der Waals surface area contributed by atoms with Gasteiger partial charge in [0, 0.05) is 13.7 Å². The van der Waals surface area contributed by atoms with Gasteiger partial charge in [0.05, 0.1) is 18.7 Å². The van der Waals surface area contributed by atoms with E-state index in [0.717, 1.165) is 0 Å². The Morgan fingerprint density at radius 2 is 2.13 bits per heavy atom. The number of hydrogen-bond acceptors (Lipinski definition) is 4. The monoisotopic (exact) mass is 218 g/mol. The van der Waals surface area contributed by atoms with Gasteiger partial charge in [-0.1, -0.05) is 13.8 Å². The number of ether oxygens (including phenoxy) is 1. The first-order valence-corrected chi connectivity index (χ1v) is 5.18. The molecule has 5 nitrogen and oxygen atoms in total. The molecule has 0 aliphatic heterocycles. The topological polar surface area (TPSA) is 84.6 Å². The number of amides is 1. The molecule has 5 heteroatoms. The summed E-state index contributed by atoms with van der Waals surface area (Å²) in [6.45, 7) is 4.19. The summed E-state index contributed by atoms with van der Waals surface area (Å²) in [6, 6.07) is -0.680. The SMILES string of the molecule is COCC(CCO)NC(=O)[C@@H](N)C(C)C. The van der Waals surface area contributed by atoms with Crippen LogP contribution >= 0.6 is 0 Å². The number of aliphatic hydroxyl groups excluding tert-OH is 1. The molecule has 0 radical (unpaired) electrons. The molecule has 1 amide bonds. The Morgan fingerprint density at radius 3 is 2.53 bits per heavy atom. The highest BCUT2D eigenvalue weighted by molar-refractivity contribution is 5.82. The number of nitrogens with one attached hydrogen (secondary N) is 1. The second-order valence-corrected chi connectivity index (χ2v) is 3.94. The van der Waals surface area contributed by atoms with Crippen molar-refractivity contribution in [2.75, 3.05) is 20.3 Å². The van der Waals surface area contributed by atoms with Gasteiger partial charge < -0.3 is 20.9 Å². The van der Waals surface area contributed by atoms with Crippen molar-refractivity contribution in [1.82, 2.24) is 5.32 Å². The van der Waals surface area contributed by atoms with Crippen molar-refractivity contribution >= 4 is 5.91 Å². The van der Waals surface area contributed by atoms with Crippen molar-refractivity contribution in [2.45, 2.75) is 32.4 Å². The van der Waals surface area contributed by atoms with Crippen LogP contribution in [0.2, 0.25) is 0 Å². The van der Waals surface area contributed by atoms with E-state index >= 15 is 0 Å². The Morgan fingerprint density at radius 1 is 1.53 bits per heavy atom. The highest BCUT2D eigenvalue weighted by Gasteiger charge is 2.20. The van der Waals surface area contributed by atoms with Crippen molar-refractivity contribution < 1.29 is 14.6 Å². The lowest BCUT2D eigenvalue weighted by Gasteiger charge is -2.21. The van der Waals surface area contributed by atoms with Crippen LogP contribution in [0.1, 0.15) is 20.3 Å². The number of nitrogens with two attached hydrogens (primary N) is 1. The van der Waals surface area contributed by atoms with Crippen molar-refractivity contribution in [1.29, 1.82) is 0 Å². The zero-order chi connectivity index (χ0) is 11.8. The average molecular weight is 218 g/mol. The summed E-state index contributed by atoms with van der Waals surface area (Å²) in [7, 11) is 1.55. The third kappa shape index (κ3) is 5.71. The van der Waals surface area contributed by atoms with Crippen LogP contribution in [-0.4, -0.2) is 43.4 Å². The zero-order valence-electron chi connectivity index (χ0n) is 9.69. The second-order valence-electron chi connectivity index (χ2n) is 3.94. The normalized spacial score (nSPS) is 15.1. The number of carbonyl (C=O) groups excluding carboxylic acids is 1. The van der Waals surface area contributed by atoms with Crippen molar-refractivity contribution in [3.8, 4) is 0 Å². The van der Waals surface area contributed by atoms with E-state index in [2.05, 4.69) is 5.32 Å². The summed E-state index contributed by atoms with van der Waals surface area (Å²) < 4.78 is 4.93. The molecule has 90 valence electrons. The van der Waals surface area contributed by atoms with E-state index in [9.17, 15) is 4.79 Å². The Bertz CT molecular complexity index is 180. The maximum Gasteiger partial charge on any atom is 0.237 e. The molecule has 0 aliphatic carbocycles. The van der Waals surface area contributed by atoms with Gasteiger partial charge in [0.1, 0.15) is 0 Å². The zero-order valence-corrected chi connectivity index (χ0v) is 9.69. The van der Waals surface area contributed by atoms with Gasteiger partial charge in [0.25, 0.3) is 0 Å². The molecule has 0 aromatic carbocycles. The quantitative estimate of drug-likeness (QED) is 0.537. The van der Waals surface area contributed by atoms with E-state index in [4.69, 9.17) is 15.6 Å². The minimum Gasteiger partial charge on any atom is -0.396 e. The minimum atomic E-state index is -0.511. The van der Waals surface area contributed by atoms with Gasteiger partial charge in [0.2, 0.25) is 5.91 Å². The molecule has 4 N–H and O–H groups in total. The maximum absolute atomic E-state index is 11.6. The Kier molecular flexibility index (Phi) is 7.29. The minimum absolute atomic E-state index is 0.0191. The van der Waals surface area contributed by atoms with Crippen molar-refractivity contribution in [2.24, 2.45) is 11.7 Å². The van der Waals surface area contributed by atoms with E-state index in [1.165, 1.54) is 0 Å². The third-order valence-corrected chi connectivity index (χ3v) is 2.21. The number of aliphatic hydroxyl groups is 1. The molecule has 0 bridgehead atoms. The first-order chi connectivity index (χ1) is 7.02. The molecule has 0 heterocycles. The number of methoxy groups -OCH3 is 1. The Labute approximate surface area is 91.0 Å². The van der Waals surface area contributed by atoms with Crippen LogP contribution in [-0.2, 0) is 9.53 Å². The van der Waals surface area contributed by atoms with Gasteiger partial charge in [-0.05, 0) is 12.3 Å². The van der Waals surface area contributed by atoms with Crippen LogP contribution in [0.3, 0.4) is 0 Å². The predicted octanol–water partition coefficient (Wildman–Crippen LogP) is -0.517. The molecular weight excluding hydrogens is 196 g/mol. The molecule has 2 atom stereocenters. The van der Waals surface area contributed by atoms with Gasteiger partial charge in [-0.15, -0.1) is 0 Å². The van der Waals surface area contributed by atoms with Crippen LogP contribution in [0.15, 0.2) is 0 Å². The smallest absolute Gasteiger partial charge is 0.237 e. The van der Waals surface area contributed by atoms with E-state index in [1.807, 2.05) is 13.8 Å². The van der Waals surface area contributed by atoms with E-state index in [0.29, 0.717) is 13.0 Å². The standard InChI is InChI=1S/C10H22N2O3/c1-7(2)9(11)10(14)12-8(4-5-13)6-15-3/h7-9,13H,4-6,11H2,1-3H3,(H,12,14)/t8?,9-/m0/s1. The highest BCUT2D eigenvalue weighted by atomic mass is 16.5. The van der Waals surface area contributed by atoms with Gasteiger partial charge in [-0.2, -0.15) is 0 Å². The molecule has 1 unspecified atom stereocenters. The Balaban J connectivity index is 4.09. The van der Waals surface area contributed by atoms with Crippen LogP contribution in [0.4, 0.5) is 0 Å². The lowest BCUT2D eigenvalue weighted by atomic mass is 10.0. The third-order valence-electron chi connectivity index (χ3n) is 2.21. The molecule has 0 saturated carbocycles. The van der Waals surface area contributed by atoms with Gasteiger partial charge in [0.15, 0.2) is 0 Å². The number of carbonyl (C=O) groups is 1. The van der Waals surface area contributed by atoms with Gasteiger partial charge in [-0.3, -0.25) is 4.79 Å². The fraction of sp³-hybridized carbons (Fsp3) is 0.900. The maximum atomic E-state index is 11.6. The van der Waals surface area contributed by atoms with Crippen LogP contribution < -0.4 is 11.1 Å². The fourth-order valence-corrected chi connectivity index (χ4v) is 1.15. The molecule has 0 rings (SSSR count). The molecule has 0 aromatic heterocycles. The summed E-state index contributed by atoms with van der Waals surface area (Å²) in [5.74, 6) is -0.0946. The molecule has 15 heavy (non-hydrogen) atoms. The first kappa shape index (κ1) is 14.3. The lowest BCUT2D eigenvalue weighted by molar-refractivity contribution is -0.124. The number of rotatable bonds is 7. The largest absolute Gasteiger partial charge is 0.396 e. The van der Waals surface area contributed by atoms with E-state index < -0.39 is 6.04 Å². The molecule has 0 aliphatic rings. The van der Waals surface area contributed by atoms with E-state index in [-0.39, 0.29) is 24.5 Å². The van der Waals surface area contributed by atoms with E-state index in [1.54, 1.807) is 7.11 Å². The summed E-state index contributed by atoms with van der Waals surface area (Å²) in [5.41, 5.74) is 5.69. The summed E-state index contributed by atoms with van der Waals surface area (Å²) in [4.78, 5) is 11.6. The Hall–Kier alpha value is -0.650. The second kappa shape index (κ2) is 7.62. The highest BCUT2D eigenvalue weighted by Crippen LogP contribution is 2.00. The van der Waals surface area contributed by atoms with Crippen molar-refractivity contribution in [3.05, 3.63) is 0 Å². The molecular formula is C10H22N2O3. The molecule has 0 saturated heterocycles. The predicted molar refractivity (Wildman–Crippen MR) is 58.3 cm³/mol. The molecule has 0 fully saturated rings. The fourth-order valence-electron chi connectivity index (χ4n) is 1.15. The van der Waals surface area contributed by atoms with Gasteiger partial charge >= 0.3 is 0 Å². The van der Waals surface area contributed by atoms with Gasteiger partial charge in [-0.25, -0.2) is 0 Å². The van der Waals surface area contributed by atoms with Crippen LogP contribution in [0, 0.1) is 5.92 Å². The average Bonchev–Trinajstić information content (AvgIpc) is 2.17. The number of hydrogen-bond donors (Lipinski definition) is 3. The summed E-state index contributed by atoms with van der Waals surface area (Å²) in [5, 5.41) is 11.5. The molecule has 0 aromatic rings. The lowest BCUT2D eigenvalue weighted by Crippen LogP contribution is -2.49. The summed E-state index contributed by atoms with van der Waals surface area (Å²) in [6.07, 6.45) is 0.477.